The summed E-state index contributed by atoms with van der Waals surface area (Å²) in [7, 11) is 0. The van der Waals surface area contributed by atoms with E-state index < -0.39 is 0 Å². The van der Waals surface area contributed by atoms with Gasteiger partial charge in [-0.2, -0.15) is 0 Å². The third-order valence-electron chi connectivity index (χ3n) is 3.31. The number of phenols is 2. The van der Waals surface area contributed by atoms with Gasteiger partial charge >= 0.3 is 0 Å². The minimum atomic E-state index is 0.208. The third-order valence-corrected chi connectivity index (χ3v) is 3.31. The zero-order valence-corrected chi connectivity index (χ0v) is 10.4. The summed E-state index contributed by atoms with van der Waals surface area (Å²) in [5.74, 6) is 0.455. The molecular formula is C17H14O2. The molecule has 3 aromatic carbocycles. The van der Waals surface area contributed by atoms with Crippen LogP contribution in [0.25, 0.3) is 10.8 Å². The van der Waals surface area contributed by atoms with Crippen LogP contribution in [0.3, 0.4) is 0 Å². The standard InChI is InChI=1S/C17H14O2/c18-16-11-13(10-12-6-2-1-3-7-12)17(19)15-9-5-4-8-14(15)16/h1-9,11,18-19H,10H2. The average molecular weight is 250 g/mol. The first-order valence-electron chi connectivity index (χ1n) is 6.22. The molecule has 0 unspecified atom stereocenters. The molecule has 0 amide bonds. The minimum absolute atomic E-state index is 0.208. The van der Waals surface area contributed by atoms with E-state index >= 15 is 0 Å². The number of hydrogen-bond acceptors (Lipinski definition) is 2. The summed E-state index contributed by atoms with van der Waals surface area (Å²) in [4.78, 5) is 0. The van der Waals surface area contributed by atoms with Gasteiger partial charge in [-0.3, -0.25) is 0 Å². The zero-order valence-electron chi connectivity index (χ0n) is 10.4. The van der Waals surface area contributed by atoms with Crippen LogP contribution in [0.2, 0.25) is 0 Å². The van der Waals surface area contributed by atoms with Gasteiger partial charge in [-0.15, -0.1) is 0 Å². The summed E-state index contributed by atoms with van der Waals surface area (Å²) >= 11 is 0. The molecule has 0 fully saturated rings. The summed E-state index contributed by atoms with van der Waals surface area (Å²) in [6.45, 7) is 0. The van der Waals surface area contributed by atoms with Crippen molar-refractivity contribution < 1.29 is 10.2 Å². The predicted octanol–water partition coefficient (Wildman–Crippen LogP) is 3.84. The highest BCUT2D eigenvalue weighted by Gasteiger charge is 2.10. The Morgan fingerprint density at radius 1 is 0.737 bits per heavy atom. The number of hydrogen-bond donors (Lipinski definition) is 2. The van der Waals surface area contributed by atoms with Crippen molar-refractivity contribution in [2.45, 2.75) is 6.42 Å². The Bertz CT molecular complexity index is 718. The van der Waals surface area contributed by atoms with Crippen molar-refractivity contribution >= 4 is 10.8 Å². The molecule has 0 aromatic heterocycles. The molecule has 2 N–H and O–H groups in total. The van der Waals surface area contributed by atoms with Crippen LogP contribution in [0.15, 0.2) is 60.7 Å². The number of phenolic OH excluding ortho intramolecular Hbond substituents is 2. The molecule has 3 aromatic rings. The maximum Gasteiger partial charge on any atom is 0.127 e. The van der Waals surface area contributed by atoms with Crippen molar-refractivity contribution in [2.24, 2.45) is 0 Å². The highest BCUT2D eigenvalue weighted by molar-refractivity contribution is 5.94. The lowest BCUT2D eigenvalue weighted by Gasteiger charge is -2.10. The molecule has 0 aliphatic carbocycles. The van der Waals surface area contributed by atoms with E-state index in [0.717, 1.165) is 11.1 Å². The highest BCUT2D eigenvalue weighted by atomic mass is 16.3. The van der Waals surface area contributed by atoms with Crippen molar-refractivity contribution in [3.05, 3.63) is 71.8 Å². The molecule has 2 nitrogen and oxygen atoms in total. The zero-order chi connectivity index (χ0) is 13.2. The fourth-order valence-corrected chi connectivity index (χ4v) is 2.35. The topological polar surface area (TPSA) is 40.5 Å². The summed E-state index contributed by atoms with van der Waals surface area (Å²) in [5, 5.41) is 21.7. The van der Waals surface area contributed by atoms with Crippen molar-refractivity contribution in [1.82, 2.24) is 0 Å². The van der Waals surface area contributed by atoms with Crippen LogP contribution in [0.5, 0.6) is 11.5 Å². The summed E-state index contributed by atoms with van der Waals surface area (Å²) < 4.78 is 0. The van der Waals surface area contributed by atoms with Gasteiger partial charge in [-0.25, -0.2) is 0 Å². The molecule has 0 saturated carbocycles. The van der Waals surface area contributed by atoms with Crippen LogP contribution in [0, 0.1) is 0 Å². The van der Waals surface area contributed by atoms with Crippen molar-refractivity contribution in [3.63, 3.8) is 0 Å². The molecule has 0 heterocycles. The van der Waals surface area contributed by atoms with Crippen LogP contribution in [0.4, 0.5) is 0 Å². The number of fused-ring (bicyclic) bond motifs is 1. The Balaban J connectivity index is 2.12. The van der Waals surface area contributed by atoms with Gasteiger partial charge in [0, 0.05) is 22.8 Å². The van der Waals surface area contributed by atoms with Gasteiger partial charge in [0.15, 0.2) is 0 Å². The Morgan fingerprint density at radius 2 is 1.37 bits per heavy atom. The van der Waals surface area contributed by atoms with Crippen LogP contribution < -0.4 is 0 Å². The van der Waals surface area contributed by atoms with E-state index in [1.807, 2.05) is 48.5 Å². The highest BCUT2D eigenvalue weighted by Crippen LogP contribution is 2.36. The second-order valence-corrected chi connectivity index (χ2v) is 4.61. The van der Waals surface area contributed by atoms with Gasteiger partial charge in [0.1, 0.15) is 11.5 Å². The molecule has 0 radical (unpaired) electrons. The smallest absolute Gasteiger partial charge is 0.127 e. The Hall–Kier alpha value is -2.48. The molecule has 0 atom stereocenters. The van der Waals surface area contributed by atoms with E-state index in [1.165, 1.54) is 0 Å². The number of benzene rings is 3. The summed E-state index contributed by atoms with van der Waals surface area (Å²) in [6.07, 6.45) is 0.602. The summed E-state index contributed by atoms with van der Waals surface area (Å²) in [5.41, 5.74) is 1.84. The van der Waals surface area contributed by atoms with Crippen LogP contribution >= 0.6 is 0 Å². The first kappa shape index (κ1) is 11.6. The first-order valence-corrected chi connectivity index (χ1v) is 6.22. The monoisotopic (exact) mass is 250 g/mol. The predicted molar refractivity (Wildman–Crippen MR) is 76.5 cm³/mol. The molecule has 0 bridgehead atoms. The van der Waals surface area contributed by atoms with E-state index in [-0.39, 0.29) is 11.5 Å². The fraction of sp³-hybridized carbons (Fsp3) is 0.0588. The largest absolute Gasteiger partial charge is 0.507 e. The van der Waals surface area contributed by atoms with Gasteiger partial charge < -0.3 is 10.2 Å². The maximum atomic E-state index is 10.3. The molecular weight excluding hydrogens is 236 g/mol. The van der Waals surface area contributed by atoms with E-state index in [1.54, 1.807) is 12.1 Å². The third kappa shape index (κ3) is 2.13. The van der Waals surface area contributed by atoms with E-state index in [9.17, 15) is 10.2 Å². The molecule has 0 aliphatic rings. The Labute approximate surface area is 111 Å². The average Bonchev–Trinajstić information content (AvgIpc) is 2.46. The van der Waals surface area contributed by atoms with E-state index in [4.69, 9.17) is 0 Å². The van der Waals surface area contributed by atoms with Crippen molar-refractivity contribution in [3.8, 4) is 11.5 Å². The van der Waals surface area contributed by atoms with Crippen molar-refractivity contribution in [1.29, 1.82) is 0 Å². The molecule has 19 heavy (non-hydrogen) atoms. The van der Waals surface area contributed by atoms with Gasteiger partial charge in [-0.05, 0) is 11.6 Å². The lowest BCUT2D eigenvalue weighted by Crippen LogP contribution is -1.90. The lowest BCUT2D eigenvalue weighted by atomic mass is 9.99. The second kappa shape index (κ2) is 4.65. The van der Waals surface area contributed by atoms with Gasteiger partial charge in [-0.1, -0.05) is 54.6 Å². The SMILES string of the molecule is Oc1cc(Cc2ccccc2)c(O)c2ccccc12. The van der Waals surface area contributed by atoms with Crippen molar-refractivity contribution in [2.75, 3.05) is 0 Å². The normalized spacial score (nSPS) is 10.7. The van der Waals surface area contributed by atoms with E-state index in [2.05, 4.69) is 0 Å². The number of rotatable bonds is 2. The number of aromatic hydroxyl groups is 2. The maximum absolute atomic E-state index is 10.3. The van der Waals surface area contributed by atoms with Gasteiger partial charge in [0.05, 0.1) is 0 Å². The Morgan fingerprint density at radius 3 is 2.11 bits per heavy atom. The quantitative estimate of drug-likeness (QED) is 0.678. The first-order chi connectivity index (χ1) is 9.25. The molecule has 0 spiro atoms. The minimum Gasteiger partial charge on any atom is -0.507 e. The Kier molecular flexibility index (Phi) is 2.84. The molecule has 94 valence electrons. The van der Waals surface area contributed by atoms with Crippen LogP contribution in [-0.4, -0.2) is 10.2 Å². The fourth-order valence-electron chi connectivity index (χ4n) is 2.35. The van der Waals surface area contributed by atoms with Crippen LogP contribution in [0.1, 0.15) is 11.1 Å². The van der Waals surface area contributed by atoms with Gasteiger partial charge in [0.2, 0.25) is 0 Å². The summed E-state index contributed by atoms with van der Waals surface area (Å²) in [6, 6.07) is 18.9. The molecule has 0 saturated heterocycles. The van der Waals surface area contributed by atoms with Gasteiger partial charge in [0.25, 0.3) is 0 Å². The van der Waals surface area contributed by atoms with E-state index in [0.29, 0.717) is 17.2 Å². The lowest BCUT2D eigenvalue weighted by molar-refractivity contribution is 0.464. The second-order valence-electron chi connectivity index (χ2n) is 4.61. The molecule has 2 heteroatoms. The molecule has 0 aliphatic heterocycles. The molecule has 3 rings (SSSR count). The van der Waals surface area contributed by atoms with Crippen LogP contribution in [-0.2, 0) is 6.42 Å².